The van der Waals surface area contributed by atoms with Crippen molar-refractivity contribution in [3.63, 3.8) is 0 Å². The van der Waals surface area contributed by atoms with Gasteiger partial charge in [-0.05, 0) is 30.1 Å². The maximum absolute atomic E-state index is 11.7. The van der Waals surface area contributed by atoms with Gasteiger partial charge in [0.05, 0.1) is 14.9 Å². The number of benzene rings is 2. The molecule has 0 spiro atoms. The maximum Gasteiger partial charge on any atom is 0.338 e. The zero-order chi connectivity index (χ0) is 13.8. The summed E-state index contributed by atoms with van der Waals surface area (Å²) in [5.74, 6) is -0.614. The van der Waals surface area contributed by atoms with Crippen molar-refractivity contribution in [2.45, 2.75) is 6.92 Å². The van der Waals surface area contributed by atoms with Crippen LogP contribution in [0.15, 0.2) is 54.5 Å². The fraction of sp³-hybridized carbons (Fsp3) is 0.133. The summed E-state index contributed by atoms with van der Waals surface area (Å²) in [6, 6.07) is 12.7. The van der Waals surface area contributed by atoms with Crippen molar-refractivity contribution < 1.29 is 12.3 Å². The molecule has 0 amide bonds. The monoisotopic (exact) mass is 228 g/mol. The second-order valence-electron chi connectivity index (χ2n) is 3.49. The topological polar surface area (TPSA) is 26.3 Å². The zero-order valence-corrected chi connectivity index (χ0v) is 9.57. The van der Waals surface area contributed by atoms with Crippen LogP contribution in [-0.4, -0.2) is 12.6 Å². The smallest absolute Gasteiger partial charge is 0.338 e. The van der Waals surface area contributed by atoms with E-state index in [0.717, 1.165) is 11.1 Å². The fourth-order valence-electron chi connectivity index (χ4n) is 1.50. The number of carbonyl (C=O) groups is 1. The van der Waals surface area contributed by atoms with E-state index in [2.05, 4.69) is 0 Å². The Morgan fingerprint density at radius 3 is 2.29 bits per heavy atom. The molecule has 2 heteroatoms. The summed E-state index contributed by atoms with van der Waals surface area (Å²) in [6.07, 6.45) is 0. The van der Waals surface area contributed by atoms with Crippen LogP contribution in [0.3, 0.4) is 0 Å². The first-order valence-electron chi connectivity index (χ1n) is 6.47. The first-order valence-corrected chi connectivity index (χ1v) is 5.47. The summed E-state index contributed by atoms with van der Waals surface area (Å²) >= 11 is 0. The van der Waals surface area contributed by atoms with Crippen LogP contribution in [0.4, 0.5) is 0 Å². The third-order valence-electron chi connectivity index (χ3n) is 2.33. The van der Waals surface area contributed by atoms with Gasteiger partial charge in [-0.15, -0.1) is 0 Å². The number of esters is 1. The number of hydrogen-bond acceptors (Lipinski definition) is 2. The first kappa shape index (κ1) is 8.99. The predicted molar refractivity (Wildman–Crippen MR) is 67.8 cm³/mol. The molecule has 2 nitrogen and oxygen atoms in total. The van der Waals surface area contributed by atoms with Crippen molar-refractivity contribution in [2.24, 2.45) is 0 Å². The van der Waals surface area contributed by atoms with E-state index in [9.17, 15) is 4.79 Å². The van der Waals surface area contributed by atoms with Crippen LogP contribution in [0.1, 0.15) is 20.0 Å². The van der Waals surface area contributed by atoms with Gasteiger partial charge in [0, 0.05) is 0 Å². The summed E-state index contributed by atoms with van der Waals surface area (Å²) in [5.41, 5.74) is 1.69. The molecular weight excluding hydrogens is 212 g/mol. The van der Waals surface area contributed by atoms with Gasteiger partial charge in [-0.25, -0.2) is 4.79 Å². The zero-order valence-electron chi connectivity index (χ0n) is 11.6. The first-order chi connectivity index (χ1) is 9.13. The second kappa shape index (κ2) is 5.30. The summed E-state index contributed by atoms with van der Waals surface area (Å²) in [5, 5.41) is 0. The molecule has 0 radical (unpaired) electrons. The van der Waals surface area contributed by atoms with Gasteiger partial charge in [-0.2, -0.15) is 0 Å². The molecule has 0 aliphatic carbocycles. The van der Waals surface area contributed by atoms with Crippen LogP contribution in [0, 0.1) is 0 Å². The van der Waals surface area contributed by atoms with E-state index in [0.29, 0.717) is 0 Å². The molecule has 17 heavy (non-hydrogen) atoms. The van der Waals surface area contributed by atoms with Crippen molar-refractivity contribution >= 4 is 5.97 Å². The molecule has 0 N–H and O–H groups in total. The highest BCUT2D eigenvalue weighted by Gasteiger charge is 2.05. The van der Waals surface area contributed by atoms with Gasteiger partial charge in [0.15, 0.2) is 0 Å². The number of ether oxygens (including phenoxy) is 1. The SMILES string of the molecule is [2H]c1cc(-c2ccccc2)cc([2H])c1C(=O)OCC. The third kappa shape index (κ3) is 2.72. The molecule has 0 aliphatic rings. The average Bonchev–Trinajstić information content (AvgIpc) is 2.39. The Kier molecular flexibility index (Phi) is 2.81. The summed E-state index contributed by atoms with van der Waals surface area (Å²) in [4.78, 5) is 11.7. The molecule has 0 saturated carbocycles. The molecule has 0 unspecified atom stereocenters. The molecule has 0 heterocycles. The molecule has 0 saturated heterocycles. The second-order valence-corrected chi connectivity index (χ2v) is 3.49. The van der Waals surface area contributed by atoms with Gasteiger partial charge < -0.3 is 4.74 Å². The quantitative estimate of drug-likeness (QED) is 0.751. The van der Waals surface area contributed by atoms with E-state index < -0.39 is 5.97 Å². The lowest BCUT2D eigenvalue weighted by Gasteiger charge is -2.04. The van der Waals surface area contributed by atoms with Crippen LogP contribution in [0.2, 0.25) is 0 Å². The molecule has 2 rings (SSSR count). The van der Waals surface area contributed by atoms with Gasteiger partial charge in [0.1, 0.15) is 0 Å². The maximum atomic E-state index is 11.7. The van der Waals surface area contributed by atoms with Crippen molar-refractivity contribution in [1.82, 2.24) is 0 Å². The minimum atomic E-state index is -0.614. The molecule has 0 bridgehead atoms. The molecule has 0 atom stereocenters. The Labute approximate surface area is 104 Å². The molecule has 0 aromatic heterocycles. The van der Waals surface area contributed by atoms with Crippen molar-refractivity contribution in [3.05, 3.63) is 60.1 Å². The Hall–Kier alpha value is -2.09. The van der Waals surface area contributed by atoms with Crippen LogP contribution >= 0.6 is 0 Å². The Morgan fingerprint density at radius 1 is 1.12 bits per heavy atom. The average molecular weight is 228 g/mol. The van der Waals surface area contributed by atoms with E-state index in [-0.39, 0.29) is 24.3 Å². The van der Waals surface area contributed by atoms with Gasteiger partial charge in [0.2, 0.25) is 0 Å². The lowest BCUT2D eigenvalue weighted by Crippen LogP contribution is -2.03. The van der Waals surface area contributed by atoms with Crippen LogP contribution in [0.5, 0.6) is 0 Å². The lowest BCUT2D eigenvalue weighted by atomic mass is 10.0. The molecule has 2 aromatic carbocycles. The molecule has 86 valence electrons. The summed E-state index contributed by atoms with van der Waals surface area (Å²) < 4.78 is 20.6. The van der Waals surface area contributed by atoms with E-state index >= 15 is 0 Å². The van der Waals surface area contributed by atoms with Gasteiger partial charge >= 0.3 is 5.97 Å². The van der Waals surface area contributed by atoms with Crippen LogP contribution < -0.4 is 0 Å². The normalized spacial score (nSPS) is 11.6. The predicted octanol–water partition coefficient (Wildman–Crippen LogP) is 3.53. The van der Waals surface area contributed by atoms with Crippen molar-refractivity contribution in [3.8, 4) is 11.1 Å². The van der Waals surface area contributed by atoms with Crippen molar-refractivity contribution in [2.75, 3.05) is 6.61 Å². The van der Waals surface area contributed by atoms with E-state index in [1.165, 1.54) is 0 Å². The van der Waals surface area contributed by atoms with Gasteiger partial charge in [-0.3, -0.25) is 0 Å². The molecule has 2 aromatic rings. The Balaban J connectivity index is 2.45. The number of hydrogen-bond donors (Lipinski definition) is 0. The Bertz CT molecular complexity index is 571. The molecular formula is C15H14O2. The highest BCUT2D eigenvalue weighted by molar-refractivity contribution is 5.90. The Morgan fingerprint density at radius 2 is 1.71 bits per heavy atom. The highest BCUT2D eigenvalue weighted by atomic mass is 16.5. The standard InChI is InChI=1S/C15H14O2/c1-2-17-15(16)14-10-8-13(9-11-14)12-6-4-3-5-7-12/h3-11H,2H2,1H3/i10D,11D. The minimum absolute atomic E-state index is 0.0153. The molecule has 0 fully saturated rings. The van der Waals surface area contributed by atoms with Crippen LogP contribution in [0.25, 0.3) is 11.1 Å². The largest absolute Gasteiger partial charge is 0.462 e. The van der Waals surface area contributed by atoms with Crippen LogP contribution in [-0.2, 0) is 4.74 Å². The number of carbonyl (C=O) groups excluding carboxylic acids is 1. The third-order valence-corrected chi connectivity index (χ3v) is 2.33. The van der Waals surface area contributed by atoms with Gasteiger partial charge in [-0.1, -0.05) is 42.5 Å². The lowest BCUT2D eigenvalue weighted by molar-refractivity contribution is 0.0526. The van der Waals surface area contributed by atoms with Crippen molar-refractivity contribution in [1.29, 1.82) is 0 Å². The fourth-order valence-corrected chi connectivity index (χ4v) is 1.50. The minimum Gasteiger partial charge on any atom is -0.462 e. The van der Waals surface area contributed by atoms with E-state index in [1.54, 1.807) is 19.1 Å². The summed E-state index contributed by atoms with van der Waals surface area (Å²) in [7, 11) is 0. The highest BCUT2D eigenvalue weighted by Crippen LogP contribution is 2.19. The van der Waals surface area contributed by atoms with Gasteiger partial charge in [0.25, 0.3) is 0 Å². The number of rotatable bonds is 3. The van der Waals surface area contributed by atoms with E-state index in [1.807, 2.05) is 30.3 Å². The molecule has 0 aliphatic heterocycles. The van der Waals surface area contributed by atoms with E-state index in [4.69, 9.17) is 7.48 Å². The summed E-state index contributed by atoms with van der Waals surface area (Å²) in [6.45, 7) is 1.93.